The summed E-state index contributed by atoms with van der Waals surface area (Å²) in [5.41, 5.74) is 0.227. The van der Waals surface area contributed by atoms with Gasteiger partial charge in [0, 0.05) is 5.02 Å². The zero-order valence-corrected chi connectivity index (χ0v) is 9.00. The van der Waals surface area contributed by atoms with Gasteiger partial charge in [0.05, 0.1) is 25.3 Å². The SMILES string of the molecule is COC(=O)c1ccc(Cl)cc1C(=O)OC. The van der Waals surface area contributed by atoms with Crippen LogP contribution in [0.2, 0.25) is 5.02 Å². The summed E-state index contributed by atoms with van der Waals surface area (Å²) in [6.45, 7) is 0. The van der Waals surface area contributed by atoms with Gasteiger partial charge in [0.1, 0.15) is 0 Å². The molecule has 0 aromatic heterocycles. The van der Waals surface area contributed by atoms with Gasteiger partial charge in [-0.1, -0.05) is 11.6 Å². The summed E-state index contributed by atoms with van der Waals surface area (Å²) >= 11 is 5.71. The Morgan fingerprint density at radius 3 is 2.13 bits per heavy atom. The summed E-state index contributed by atoms with van der Waals surface area (Å²) in [7, 11) is 2.46. The third-order valence-electron chi connectivity index (χ3n) is 1.79. The van der Waals surface area contributed by atoms with Crippen molar-refractivity contribution in [1.29, 1.82) is 0 Å². The van der Waals surface area contributed by atoms with Gasteiger partial charge in [-0.2, -0.15) is 0 Å². The second kappa shape index (κ2) is 4.79. The zero-order chi connectivity index (χ0) is 11.4. The molecule has 0 radical (unpaired) electrons. The van der Waals surface area contributed by atoms with Crippen molar-refractivity contribution in [2.75, 3.05) is 14.2 Å². The number of hydrogen-bond acceptors (Lipinski definition) is 4. The summed E-state index contributed by atoms with van der Waals surface area (Å²) in [5, 5.41) is 0.350. The van der Waals surface area contributed by atoms with Gasteiger partial charge in [-0.25, -0.2) is 9.59 Å². The number of halogens is 1. The Bertz CT molecular complexity index is 400. The van der Waals surface area contributed by atoms with Gasteiger partial charge < -0.3 is 9.47 Å². The van der Waals surface area contributed by atoms with Gasteiger partial charge >= 0.3 is 11.9 Å². The van der Waals surface area contributed by atoms with Crippen LogP contribution in [-0.4, -0.2) is 26.2 Å². The monoisotopic (exact) mass is 228 g/mol. The minimum atomic E-state index is -0.627. The number of hydrogen-bond donors (Lipinski definition) is 0. The molecule has 80 valence electrons. The smallest absolute Gasteiger partial charge is 0.338 e. The summed E-state index contributed by atoms with van der Waals surface area (Å²) in [6, 6.07) is 4.28. The fourth-order valence-electron chi connectivity index (χ4n) is 1.08. The molecule has 1 rings (SSSR count). The molecule has 15 heavy (non-hydrogen) atoms. The van der Waals surface area contributed by atoms with Crippen LogP contribution in [0.3, 0.4) is 0 Å². The van der Waals surface area contributed by atoms with Crippen molar-refractivity contribution in [1.82, 2.24) is 0 Å². The molecule has 0 aliphatic rings. The minimum absolute atomic E-state index is 0.0943. The molecule has 5 heteroatoms. The third kappa shape index (κ3) is 2.47. The van der Waals surface area contributed by atoms with Crippen LogP contribution in [0.15, 0.2) is 18.2 Å². The van der Waals surface area contributed by atoms with Crippen molar-refractivity contribution in [3.8, 4) is 0 Å². The van der Waals surface area contributed by atoms with Gasteiger partial charge in [-0.3, -0.25) is 0 Å². The van der Waals surface area contributed by atoms with E-state index >= 15 is 0 Å². The second-order valence-electron chi connectivity index (χ2n) is 2.67. The van der Waals surface area contributed by atoms with E-state index in [0.717, 1.165) is 0 Å². The molecule has 0 saturated heterocycles. The fraction of sp³-hybridized carbons (Fsp3) is 0.200. The number of methoxy groups -OCH3 is 2. The number of ether oxygens (including phenoxy) is 2. The largest absolute Gasteiger partial charge is 0.465 e. The lowest BCUT2D eigenvalue weighted by Crippen LogP contribution is -2.11. The summed E-state index contributed by atoms with van der Waals surface area (Å²) in [4.78, 5) is 22.6. The Morgan fingerprint density at radius 2 is 1.60 bits per heavy atom. The van der Waals surface area contributed by atoms with Crippen LogP contribution >= 0.6 is 11.6 Å². The first-order valence-corrected chi connectivity index (χ1v) is 4.44. The van der Waals surface area contributed by atoms with Crippen molar-refractivity contribution < 1.29 is 19.1 Å². The standard InChI is InChI=1S/C10H9ClO4/c1-14-9(12)7-4-3-6(11)5-8(7)10(13)15-2/h3-5H,1-2H3. The maximum absolute atomic E-state index is 11.3. The molecular formula is C10H9ClO4. The highest BCUT2D eigenvalue weighted by molar-refractivity contribution is 6.31. The van der Waals surface area contributed by atoms with Crippen LogP contribution in [-0.2, 0) is 9.47 Å². The van der Waals surface area contributed by atoms with E-state index in [9.17, 15) is 9.59 Å². The van der Waals surface area contributed by atoms with Crippen molar-refractivity contribution in [2.24, 2.45) is 0 Å². The Balaban J connectivity index is 3.26. The lowest BCUT2D eigenvalue weighted by molar-refractivity contribution is 0.0555. The normalized spacial score (nSPS) is 9.53. The molecule has 1 aromatic rings. The van der Waals surface area contributed by atoms with E-state index < -0.39 is 11.9 Å². The van der Waals surface area contributed by atoms with Crippen LogP contribution < -0.4 is 0 Å². The van der Waals surface area contributed by atoms with E-state index in [1.165, 1.54) is 32.4 Å². The molecule has 0 N–H and O–H groups in total. The molecule has 0 spiro atoms. The summed E-state index contributed by atoms with van der Waals surface area (Å²) < 4.78 is 9.04. The minimum Gasteiger partial charge on any atom is -0.465 e. The van der Waals surface area contributed by atoms with Crippen LogP contribution in [0.25, 0.3) is 0 Å². The van der Waals surface area contributed by atoms with Gasteiger partial charge in [0.25, 0.3) is 0 Å². The van der Waals surface area contributed by atoms with E-state index in [-0.39, 0.29) is 11.1 Å². The van der Waals surface area contributed by atoms with Crippen molar-refractivity contribution in [3.05, 3.63) is 34.3 Å². The molecule has 4 nitrogen and oxygen atoms in total. The highest BCUT2D eigenvalue weighted by atomic mass is 35.5. The number of esters is 2. The predicted octanol–water partition coefficient (Wildman–Crippen LogP) is 1.91. The van der Waals surface area contributed by atoms with Gasteiger partial charge in [0.2, 0.25) is 0 Å². The molecule has 0 aliphatic carbocycles. The quantitative estimate of drug-likeness (QED) is 0.726. The molecule has 0 heterocycles. The Hall–Kier alpha value is -1.55. The van der Waals surface area contributed by atoms with Gasteiger partial charge in [-0.05, 0) is 18.2 Å². The van der Waals surface area contributed by atoms with E-state index in [2.05, 4.69) is 9.47 Å². The van der Waals surface area contributed by atoms with Crippen LogP contribution in [0, 0.1) is 0 Å². The van der Waals surface area contributed by atoms with E-state index in [1.807, 2.05) is 0 Å². The average molecular weight is 229 g/mol. The molecule has 0 saturated carbocycles. The highest BCUT2D eigenvalue weighted by Crippen LogP contribution is 2.17. The van der Waals surface area contributed by atoms with Crippen LogP contribution in [0.4, 0.5) is 0 Å². The molecule has 0 unspecified atom stereocenters. The van der Waals surface area contributed by atoms with Gasteiger partial charge in [0.15, 0.2) is 0 Å². The van der Waals surface area contributed by atoms with Gasteiger partial charge in [-0.15, -0.1) is 0 Å². The molecule has 0 amide bonds. The van der Waals surface area contributed by atoms with E-state index in [1.54, 1.807) is 0 Å². The summed E-state index contributed by atoms with van der Waals surface area (Å²) in [6.07, 6.45) is 0. The summed E-state index contributed by atoms with van der Waals surface area (Å²) in [5.74, 6) is -1.23. The molecule has 0 bridgehead atoms. The Labute approximate surface area is 91.7 Å². The van der Waals surface area contributed by atoms with Crippen LogP contribution in [0.5, 0.6) is 0 Å². The van der Waals surface area contributed by atoms with E-state index in [0.29, 0.717) is 5.02 Å². The number of carbonyl (C=O) groups is 2. The number of rotatable bonds is 2. The zero-order valence-electron chi connectivity index (χ0n) is 8.24. The van der Waals surface area contributed by atoms with Crippen molar-refractivity contribution in [3.63, 3.8) is 0 Å². The fourth-order valence-corrected chi connectivity index (χ4v) is 1.26. The Kier molecular flexibility index (Phi) is 3.68. The predicted molar refractivity (Wildman–Crippen MR) is 54.1 cm³/mol. The lowest BCUT2D eigenvalue weighted by Gasteiger charge is -2.06. The molecule has 1 aromatic carbocycles. The maximum Gasteiger partial charge on any atom is 0.338 e. The lowest BCUT2D eigenvalue weighted by atomic mass is 10.1. The number of benzene rings is 1. The maximum atomic E-state index is 11.3. The molecule has 0 fully saturated rings. The first-order valence-electron chi connectivity index (χ1n) is 4.06. The Morgan fingerprint density at radius 1 is 1.07 bits per heavy atom. The molecular weight excluding hydrogens is 220 g/mol. The van der Waals surface area contributed by atoms with Crippen molar-refractivity contribution >= 4 is 23.5 Å². The topological polar surface area (TPSA) is 52.6 Å². The van der Waals surface area contributed by atoms with E-state index in [4.69, 9.17) is 11.6 Å². The first-order chi connectivity index (χ1) is 7.10. The van der Waals surface area contributed by atoms with Crippen molar-refractivity contribution in [2.45, 2.75) is 0 Å². The third-order valence-corrected chi connectivity index (χ3v) is 2.03. The highest BCUT2D eigenvalue weighted by Gasteiger charge is 2.18. The second-order valence-corrected chi connectivity index (χ2v) is 3.11. The molecule has 0 atom stereocenters. The first kappa shape index (κ1) is 11.5. The average Bonchev–Trinajstić information content (AvgIpc) is 2.26. The van der Waals surface area contributed by atoms with Crippen LogP contribution in [0.1, 0.15) is 20.7 Å². The number of carbonyl (C=O) groups excluding carboxylic acids is 2. The molecule has 0 aliphatic heterocycles.